The molecule has 1 fully saturated rings. The molecule has 1 aliphatic heterocycles. The quantitative estimate of drug-likeness (QED) is 0.864. The number of halogens is 1. The van der Waals surface area contributed by atoms with Crippen LogP contribution >= 0.6 is 11.6 Å². The Balaban J connectivity index is 2.23. The van der Waals surface area contributed by atoms with Gasteiger partial charge in [-0.25, -0.2) is 4.79 Å². The molecule has 92 valence electrons. The molecule has 2 amide bonds. The fourth-order valence-electron chi connectivity index (χ4n) is 2.06. The van der Waals surface area contributed by atoms with Crippen LogP contribution < -0.4 is 16.0 Å². The SMILES string of the molecule is Cc1c(Cl)cccc1N1CC(CCN)NC1=O. The summed E-state index contributed by atoms with van der Waals surface area (Å²) >= 11 is 6.06. The summed E-state index contributed by atoms with van der Waals surface area (Å²) in [7, 11) is 0. The number of carbonyl (C=O) groups excluding carboxylic acids is 1. The van der Waals surface area contributed by atoms with Gasteiger partial charge in [0.15, 0.2) is 0 Å². The third kappa shape index (κ3) is 2.37. The first-order chi connectivity index (χ1) is 8.13. The lowest BCUT2D eigenvalue weighted by Crippen LogP contribution is -2.29. The first-order valence-corrected chi connectivity index (χ1v) is 6.04. The Morgan fingerprint density at radius 3 is 3.06 bits per heavy atom. The van der Waals surface area contributed by atoms with Gasteiger partial charge in [0.1, 0.15) is 0 Å². The molecule has 0 saturated carbocycles. The first kappa shape index (κ1) is 12.2. The maximum absolute atomic E-state index is 11.9. The second-order valence-electron chi connectivity index (χ2n) is 4.22. The van der Waals surface area contributed by atoms with E-state index in [-0.39, 0.29) is 12.1 Å². The van der Waals surface area contributed by atoms with Gasteiger partial charge in [0.05, 0.1) is 0 Å². The van der Waals surface area contributed by atoms with Crippen LogP contribution in [0, 0.1) is 6.92 Å². The molecule has 1 saturated heterocycles. The molecule has 3 N–H and O–H groups in total. The highest BCUT2D eigenvalue weighted by Gasteiger charge is 2.30. The molecular formula is C12H16ClN3O. The molecule has 5 heteroatoms. The van der Waals surface area contributed by atoms with Gasteiger partial charge in [-0.1, -0.05) is 17.7 Å². The number of carbonyl (C=O) groups is 1. The number of amides is 2. The number of nitrogens with one attached hydrogen (secondary N) is 1. The van der Waals surface area contributed by atoms with Crippen LogP contribution in [0.15, 0.2) is 18.2 Å². The average molecular weight is 254 g/mol. The van der Waals surface area contributed by atoms with E-state index in [0.717, 1.165) is 17.7 Å². The van der Waals surface area contributed by atoms with Crippen molar-refractivity contribution >= 4 is 23.3 Å². The lowest BCUT2D eigenvalue weighted by molar-refractivity contribution is 0.250. The lowest BCUT2D eigenvalue weighted by atomic mass is 10.1. The van der Waals surface area contributed by atoms with Crippen LogP contribution in [0.5, 0.6) is 0 Å². The predicted octanol–water partition coefficient (Wildman–Crippen LogP) is 1.90. The molecule has 0 radical (unpaired) electrons. The Labute approximate surface area is 106 Å². The van der Waals surface area contributed by atoms with E-state index >= 15 is 0 Å². The van der Waals surface area contributed by atoms with Crippen molar-refractivity contribution in [1.29, 1.82) is 0 Å². The second kappa shape index (κ2) is 4.94. The molecule has 1 aromatic rings. The molecular weight excluding hydrogens is 238 g/mol. The summed E-state index contributed by atoms with van der Waals surface area (Å²) in [4.78, 5) is 13.6. The van der Waals surface area contributed by atoms with Crippen molar-refractivity contribution in [3.63, 3.8) is 0 Å². The molecule has 2 rings (SSSR count). The number of benzene rings is 1. The van der Waals surface area contributed by atoms with Crippen LogP contribution in [0.3, 0.4) is 0 Å². The van der Waals surface area contributed by atoms with E-state index in [1.165, 1.54) is 0 Å². The Morgan fingerprint density at radius 2 is 2.35 bits per heavy atom. The highest BCUT2D eigenvalue weighted by Crippen LogP contribution is 2.28. The van der Waals surface area contributed by atoms with Crippen LogP contribution in [0.4, 0.5) is 10.5 Å². The molecule has 1 unspecified atom stereocenters. The number of urea groups is 1. The first-order valence-electron chi connectivity index (χ1n) is 5.66. The largest absolute Gasteiger partial charge is 0.333 e. The van der Waals surface area contributed by atoms with Crippen LogP contribution in [0.25, 0.3) is 0 Å². The summed E-state index contributed by atoms with van der Waals surface area (Å²) < 4.78 is 0. The highest BCUT2D eigenvalue weighted by atomic mass is 35.5. The number of hydrogen-bond donors (Lipinski definition) is 2. The Hall–Kier alpha value is -1.26. The minimum atomic E-state index is -0.0752. The summed E-state index contributed by atoms with van der Waals surface area (Å²) in [5, 5.41) is 3.59. The van der Waals surface area contributed by atoms with Crippen LogP contribution in [0.1, 0.15) is 12.0 Å². The molecule has 0 bridgehead atoms. The van der Waals surface area contributed by atoms with E-state index in [9.17, 15) is 4.79 Å². The Bertz CT molecular complexity index is 436. The smallest absolute Gasteiger partial charge is 0.322 e. The van der Waals surface area contributed by atoms with Gasteiger partial charge in [-0.3, -0.25) is 4.90 Å². The minimum absolute atomic E-state index is 0.0752. The number of nitrogens with two attached hydrogens (primary N) is 1. The Morgan fingerprint density at radius 1 is 1.59 bits per heavy atom. The molecule has 4 nitrogen and oxygen atoms in total. The minimum Gasteiger partial charge on any atom is -0.333 e. The molecule has 0 spiro atoms. The monoisotopic (exact) mass is 253 g/mol. The van der Waals surface area contributed by atoms with Gasteiger partial charge in [-0.15, -0.1) is 0 Å². The molecule has 0 aliphatic carbocycles. The zero-order valence-electron chi connectivity index (χ0n) is 9.74. The molecule has 1 heterocycles. The maximum atomic E-state index is 11.9. The van der Waals surface area contributed by atoms with Gasteiger partial charge < -0.3 is 11.1 Å². The van der Waals surface area contributed by atoms with Gasteiger partial charge in [-0.05, 0) is 37.6 Å². The third-order valence-electron chi connectivity index (χ3n) is 3.02. The molecule has 17 heavy (non-hydrogen) atoms. The van der Waals surface area contributed by atoms with E-state index in [1.807, 2.05) is 25.1 Å². The van der Waals surface area contributed by atoms with Crippen molar-refractivity contribution in [3.8, 4) is 0 Å². The average Bonchev–Trinajstić information content (AvgIpc) is 2.64. The van der Waals surface area contributed by atoms with E-state index in [2.05, 4.69) is 5.32 Å². The predicted molar refractivity (Wildman–Crippen MR) is 69.5 cm³/mol. The van der Waals surface area contributed by atoms with Gasteiger partial charge in [0.2, 0.25) is 0 Å². The standard InChI is InChI=1S/C12H16ClN3O/c1-8-10(13)3-2-4-11(8)16-7-9(5-6-14)15-12(16)17/h2-4,9H,5-7,14H2,1H3,(H,15,17). The molecule has 0 aromatic heterocycles. The number of anilines is 1. The topological polar surface area (TPSA) is 58.4 Å². The maximum Gasteiger partial charge on any atom is 0.322 e. The van der Waals surface area contributed by atoms with Crippen molar-refractivity contribution in [2.45, 2.75) is 19.4 Å². The summed E-state index contributed by atoms with van der Waals surface area (Å²) in [6, 6.07) is 5.64. The van der Waals surface area contributed by atoms with Gasteiger partial charge in [-0.2, -0.15) is 0 Å². The Kier molecular flexibility index (Phi) is 3.54. The van der Waals surface area contributed by atoms with Crippen LogP contribution in [0.2, 0.25) is 5.02 Å². The summed E-state index contributed by atoms with van der Waals surface area (Å²) in [5.74, 6) is 0. The highest BCUT2D eigenvalue weighted by molar-refractivity contribution is 6.31. The van der Waals surface area contributed by atoms with Crippen molar-refractivity contribution in [3.05, 3.63) is 28.8 Å². The van der Waals surface area contributed by atoms with E-state index in [4.69, 9.17) is 17.3 Å². The fraction of sp³-hybridized carbons (Fsp3) is 0.417. The molecule has 1 atom stereocenters. The molecule has 1 aromatic carbocycles. The fourth-order valence-corrected chi connectivity index (χ4v) is 2.23. The van der Waals surface area contributed by atoms with E-state index in [1.54, 1.807) is 4.90 Å². The van der Waals surface area contributed by atoms with Gasteiger partial charge in [0.25, 0.3) is 0 Å². The van der Waals surface area contributed by atoms with Gasteiger partial charge >= 0.3 is 6.03 Å². The summed E-state index contributed by atoms with van der Waals surface area (Å²) in [6.45, 7) is 3.14. The number of nitrogens with zero attached hydrogens (tertiary/aromatic N) is 1. The van der Waals surface area contributed by atoms with Gasteiger partial charge in [0, 0.05) is 23.3 Å². The number of rotatable bonds is 3. The van der Waals surface area contributed by atoms with Crippen LogP contribution in [-0.2, 0) is 0 Å². The van der Waals surface area contributed by atoms with Crippen molar-refractivity contribution in [2.75, 3.05) is 18.0 Å². The normalized spacial score (nSPS) is 19.6. The lowest BCUT2D eigenvalue weighted by Gasteiger charge is -2.18. The third-order valence-corrected chi connectivity index (χ3v) is 3.43. The van der Waals surface area contributed by atoms with Crippen molar-refractivity contribution in [1.82, 2.24) is 5.32 Å². The van der Waals surface area contributed by atoms with Crippen LogP contribution in [-0.4, -0.2) is 25.2 Å². The van der Waals surface area contributed by atoms with Crippen molar-refractivity contribution < 1.29 is 4.79 Å². The van der Waals surface area contributed by atoms with Crippen molar-refractivity contribution in [2.24, 2.45) is 5.73 Å². The molecule has 1 aliphatic rings. The van der Waals surface area contributed by atoms with E-state index in [0.29, 0.717) is 18.1 Å². The zero-order valence-corrected chi connectivity index (χ0v) is 10.5. The summed E-state index contributed by atoms with van der Waals surface area (Å²) in [5.41, 5.74) is 7.30. The van der Waals surface area contributed by atoms with E-state index < -0.39 is 0 Å². The zero-order chi connectivity index (χ0) is 12.4. The summed E-state index contributed by atoms with van der Waals surface area (Å²) in [6.07, 6.45) is 0.794. The number of hydrogen-bond acceptors (Lipinski definition) is 2. The second-order valence-corrected chi connectivity index (χ2v) is 4.63.